The molecule has 1 atom stereocenters. The number of nitrogens with one attached hydrogen (secondary N) is 1. The van der Waals surface area contributed by atoms with E-state index in [1.54, 1.807) is 0 Å². The van der Waals surface area contributed by atoms with Crippen LogP contribution < -0.4 is 14.8 Å². The van der Waals surface area contributed by atoms with Gasteiger partial charge in [-0.05, 0) is 35.7 Å². The van der Waals surface area contributed by atoms with Gasteiger partial charge in [0, 0.05) is 5.39 Å². The first-order valence-corrected chi connectivity index (χ1v) is 9.14. The molecule has 1 aliphatic heterocycles. The lowest BCUT2D eigenvalue weighted by atomic mass is 9.95. The molecule has 0 unspecified atom stereocenters. The maximum atomic E-state index is 12.7. The topological polar surface area (TPSA) is 73.6 Å². The van der Waals surface area contributed by atoms with Crippen molar-refractivity contribution in [2.45, 2.75) is 26.3 Å². The van der Waals surface area contributed by atoms with Gasteiger partial charge in [-0.15, -0.1) is 0 Å². The van der Waals surface area contributed by atoms with E-state index < -0.39 is 0 Å². The van der Waals surface area contributed by atoms with E-state index in [-0.39, 0.29) is 24.3 Å². The van der Waals surface area contributed by atoms with E-state index in [2.05, 4.69) is 24.3 Å². The number of fused-ring (bicyclic) bond motifs is 2. The Labute approximate surface area is 157 Å². The van der Waals surface area contributed by atoms with E-state index in [1.807, 2.05) is 42.5 Å². The Kier molecular flexibility index (Phi) is 4.71. The highest BCUT2D eigenvalue weighted by Crippen LogP contribution is 2.34. The molecular formula is C21H22N2O4. The van der Waals surface area contributed by atoms with Crippen molar-refractivity contribution in [1.82, 2.24) is 10.5 Å². The average molecular weight is 366 g/mol. The highest BCUT2D eigenvalue weighted by atomic mass is 16.6. The van der Waals surface area contributed by atoms with E-state index in [0.717, 1.165) is 22.4 Å². The van der Waals surface area contributed by atoms with Gasteiger partial charge in [-0.1, -0.05) is 37.2 Å². The summed E-state index contributed by atoms with van der Waals surface area (Å²) in [5, 5.41) is 8.04. The number of carbonyl (C=O) groups excluding carboxylic acids is 1. The number of para-hydroxylation sites is 1. The molecule has 1 amide bonds. The van der Waals surface area contributed by atoms with Gasteiger partial charge in [0.15, 0.2) is 17.1 Å². The number of carbonyl (C=O) groups is 1. The first kappa shape index (κ1) is 17.4. The van der Waals surface area contributed by atoms with Crippen molar-refractivity contribution in [3.63, 3.8) is 0 Å². The van der Waals surface area contributed by atoms with Gasteiger partial charge >= 0.3 is 0 Å². The fourth-order valence-electron chi connectivity index (χ4n) is 3.33. The molecule has 0 bridgehead atoms. The Morgan fingerprint density at radius 3 is 2.70 bits per heavy atom. The minimum Gasteiger partial charge on any atom is -0.486 e. The second-order valence-electron chi connectivity index (χ2n) is 6.99. The Morgan fingerprint density at radius 2 is 1.89 bits per heavy atom. The van der Waals surface area contributed by atoms with Crippen molar-refractivity contribution >= 4 is 16.9 Å². The molecule has 4 rings (SSSR count). The molecule has 2 aromatic carbocycles. The number of hydrogen-bond acceptors (Lipinski definition) is 5. The third-order valence-electron chi connectivity index (χ3n) is 4.69. The third-order valence-corrected chi connectivity index (χ3v) is 4.69. The number of hydrogen-bond donors (Lipinski definition) is 1. The van der Waals surface area contributed by atoms with E-state index in [4.69, 9.17) is 14.0 Å². The summed E-state index contributed by atoms with van der Waals surface area (Å²) in [5.74, 6) is 1.59. The lowest BCUT2D eigenvalue weighted by Crippen LogP contribution is -2.33. The molecule has 3 aromatic rings. The molecule has 0 saturated carbocycles. The summed E-state index contributed by atoms with van der Waals surface area (Å²) < 4.78 is 16.5. The summed E-state index contributed by atoms with van der Waals surface area (Å²) in [6.07, 6.45) is 0.171. The van der Waals surface area contributed by atoms with Crippen LogP contribution in [0, 0.1) is 5.92 Å². The molecule has 1 N–H and O–H groups in total. The van der Waals surface area contributed by atoms with Gasteiger partial charge < -0.3 is 19.3 Å². The maximum Gasteiger partial charge on any atom is 0.226 e. The van der Waals surface area contributed by atoms with Crippen LogP contribution in [0.3, 0.4) is 0 Å². The first-order valence-electron chi connectivity index (χ1n) is 9.14. The summed E-state index contributed by atoms with van der Waals surface area (Å²) in [7, 11) is 0. The Balaban J connectivity index is 1.52. The largest absolute Gasteiger partial charge is 0.486 e. The molecule has 0 saturated heterocycles. The van der Waals surface area contributed by atoms with E-state index in [0.29, 0.717) is 24.5 Å². The van der Waals surface area contributed by atoms with Crippen molar-refractivity contribution in [1.29, 1.82) is 0 Å². The summed E-state index contributed by atoms with van der Waals surface area (Å²) >= 11 is 0. The van der Waals surface area contributed by atoms with Crippen molar-refractivity contribution in [3.8, 4) is 11.5 Å². The van der Waals surface area contributed by atoms with Crippen LogP contribution in [0.25, 0.3) is 11.0 Å². The molecule has 0 radical (unpaired) electrons. The molecule has 0 aliphatic carbocycles. The molecular weight excluding hydrogens is 344 g/mol. The average Bonchev–Trinajstić information content (AvgIpc) is 3.08. The highest BCUT2D eigenvalue weighted by molar-refractivity contribution is 5.86. The van der Waals surface area contributed by atoms with Crippen LogP contribution in [0.2, 0.25) is 0 Å². The normalized spacial score (nSPS) is 14.3. The molecule has 2 heterocycles. The van der Waals surface area contributed by atoms with E-state index >= 15 is 0 Å². The van der Waals surface area contributed by atoms with Gasteiger partial charge in [-0.25, -0.2) is 0 Å². The standard InChI is InChI=1S/C21H22N2O4/c1-13(2)21(14-7-8-18-19(11-14)26-10-9-25-18)22-20(24)12-16-15-5-3-4-6-17(15)27-23-16/h3-8,11,13,21H,9-10,12H2,1-2H3,(H,22,24)/t21-/m0/s1. The minimum atomic E-state index is -0.133. The summed E-state index contributed by atoms with van der Waals surface area (Å²) in [4.78, 5) is 12.7. The fourth-order valence-corrected chi connectivity index (χ4v) is 3.33. The molecule has 6 heteroatoms. The van der Waals surface area contributed by atoms with E-state index in [1.165, 1.54) is 0 Å². The van der Waals surface area contributed by atoms with Gasteiger partial charge in [0.2, 0.25) is 5.91 Å². The SMILES string of the molecule is CC(C)[C@H](NC(=O)Cc1noc2ccccc12)c1ccc2c(c1)OCCO2. The highest BCUT2D eigenvalue weighted by Gasteiger charge is 2.22. The van der Waals surface area contributed by atoms with Gasteiger partial charge in [-0.2, -0.15) is 0 Å². The van der Waals surface area contributed by atoms with Gasteiger partial charge in [0.1, 0.15) is 18.9 Å². The number of rotatable bonds is 5. The molecule has 0 spiro atoms. The summed E-state index contributed by atoms with van der Waals surface area (Å²) in [6.45, 7) is 5.25. The van der Waals surface area contributed by atoms with Crippen LogP contribution in [0.4, 0.5) is 0 Å². The zero-order valence-electron chi connectivity index (χ0n) is 15.4. The van der Waals surface area contributed by atoms with Crippen LogP contribution in [0.1, 0.15) is 31.1 Å². The third kappa shape index (κ3) is 3.60. The molecule has 1 aliphatic rings. The Hall–Kier alpha value is -3.02. The summed E-state index contributed by atoms with van der Waals surface area (Å²) in [5.41, 5.74) is 2.33. The van der Waals surface area contributed by atoms with Crippen molar-refractivity contribution in [2.24, 2.45) is 5.92 Å². The number of aromatic nitrogens is 1. The van der Waals surface area contributed by atoms with Crippen LogP contribution in [-0.2, 0) is 11.2 Å². The molecule has 6 nitrogen and oxygen atoms in total. The lowest BCUT2D eigenvalue weighted by molar-refractivity contribution is -0.121. The molecule has 27 heavy (non-hydrogen) atoms. The van der Waals surface area contributed by atoms with Gasteiger partial charge in [0.25, 0.3) is 0 Å². The number of benzene rings is 2. The Morgan fingerprint density at radius 1 is 1.11 bits per heavy atom. The first-order chi connectivity index (χ1) is 13.1. The van der Waals surface area contributed by atoms with Crippen LogP contribution in [0.15, 0.2) is 47.0 Å². The van der Waals surface area contributed by atoms with Gasteiger partial charge in [-0.3, -0.25) is 4.79 Å². The van der Waals surface area contributed by atoms with Crippen molar-refractivity contribution in [2.75, 3.05) is 13.2 Å². The monoisotopic (exact) mass is 366 g/mol. The molecule has 0 fully saturated rings. The minimum absolute atomic E-state index is 0.0948. The predicted molar refractivity (Wildman–Crippen MR) is 101 cm³/mol. The zero-order valence-corrected chi connectivity index (χ0v) is 15.4. The lowest BCUT2D eigenvalue weighted by Gasteiger charge is -2.25. The van der Waals surface area contributed by atoms with E-state index in [9.17, 15) is 4.79 Å². The van der Waals surface area contributed by atoms with Crippen LogP contribution >= 0.6 is 0 Å². The van der Waals surface area contributed by atoms with Crippen molar-refractivity contribution < 1.29 is 18.8 Å². The number of ether oxygens (including phenoxy) is 2. The van der Waals surface area contributed by atoms with Crippen LogP contribution in [0.5, 0.6) is 11.5 Å². The predicted octanol–water partition coefficient (Wildman–Crippen LogP) is 3.66. The van der Waals surface area contributed by atoms with Gasteiger partial charge in [0.05, 0.1) is 12.5 Å². The molecule has 140 valence electrons. The Bertz CT molecular complexity index is 964. The smallest absolute Gasteiger partial charge is 0.226 e. The van der Waals surface area contributed by atoms with Crippen LogP contribution in [-0.4, -0.2) is 24.3 Å². The number of amides is 1. The number of nitrogens with zero attached hydrogens (tertiary/aromatic N) is 1. The quantitative estimate of drug-likeness (QED) is 0.746. The summed E-state index contributed by atoms with van der Waals surface area (Å²) in [6, 6.07) is 13.2. The second kappa shape index (κ2) is 7.31. The molecule has 1 aromatic heterocycles. The fraction of sp³-hybridized carbons (Fsp3) is 0.333. The van der Waals surface area contributed by atoms with Crippen molar-refractivity contribution in [3.05, 3.63) is 53.7 Å². The zero-order chi connectivity index (χ0) is 18.8. The second-order valence-corrected chi connectivity index (χ2v) is 6.99. The maximum absolute atomic E-state index is 12.7.